The molecule has 0 spiro atoms. The average molecular weight is 444 g/mol. The van der Waals surface area contributed by atoms with Crippen molar-refractivity contribution < 1.29 is 28.3 Å². The number of furan rings is 2. The van der Waals surface area contributed by atoms with Gasteiger partial charge in [0.15, 0.2) is 22.9 Å². The van der Waals surface area contributed by atoms with Crippen LogP contribution in [0.15, 0.2) is 81.0 Å². The van der Waals surface area contributed by atoms with Gasteiger partial charge in [0.05, 0.1) is 24.9 Å². The van der Waals surface area contributed by atoms with Crippen LogP contribution in [0.5, 0.6) is 5.75 Å². The molecule has 1 aliphatic heterocycles. The van der Waals surface area contributed by atoms with Crippen LogP contribution in [0.3, 0.4) is 0 Å². The van der Waals surface area contributed by atoms with Crippen LogP contribution in [0, 0.1) is 6.92 Å². The standard InChI is InChI=1S/C25H20N2O6/c1-14-9-10-17(32-14)21-20(23(29)25(30)27(21)13-16-7-3-4-11-26-16)22(28)19-12-15-6-5-8-18(31-2)24(15)33-19/h3-12,21,29H,13H2,1-2H3. The van der Waals surface area contributed by atoms with Crippen molar-refractivity contribution in [3.8, 4) is 5.75 Å². The quantitative estimate of drug-likeness (QED) is 0.436. The van der Waals surface area contributed by atoms with Crippen LogP contribution in [-0.2, 0) is 11.3 Å². The maximum Gasteiger partial charge on any atom is 0.290 e. The molecule has 1 amide bonds. The summed E-state index contributed by atoms with van der Waals surface area (Å²) in [6.45, 7) is 1.85. The summed E-state index contributed by atoms with van der Waals surface area (Å²) in [4.78, 5) is 32.3. The van der Waals surface area contributed by atoms with Crippen molar-refractivity contribution >= 4 is 22.7 Å². The molecule has 8 nitrogen and oxygen atoms in total. The molecule has 1 unspecified atom stereocenters. The number of methoxy groups -OCH3 is 1. The predicted octanol–water partition coefficient (Wildman–Crippen LogP) is 4.52. The second kappa shape index (κ2) is 7.98. The van der Waals surface area contributed by atoms with Gasteiger partial charge in [-0.1, -0.05) is 18.2 Å². The number of aliphatic hydroxyl groups excluding tert-OH is 1. The van der Waals surface area contributed by atoms with Gasteiger partial charge in [0, 0.05) is 11.6 Å². The first-order chi connectivity index (χ1) is 16.0. The van der Waals surface area contributed by atoms with Gasteiger partial charge in [-0.15, -0.1) is 0 Å². The number of nitrogens with zero attached hydrogens (tertiary/aromatic N) is 2. The van der Waals surface area contributed by atoms with Crippen LogP contribution in [0.4, 0.5) is 0 Å². The van der Waals surface area contributed by atoms with Crippen molar-refractivity contribution in [1.82, 2.24) is 9.88 Å². The Hall–Kier alpha value is -4.33. The minimum absolute atomic E-state index is 0.0168. The minimum atomic E-state index is -0.934. The fourth-order valence-corrected chi connectivity index (χ4v) is 4.05. The lowest BCUT2D eigenvalue weighted by Crippen LogP contribution is -2.30. The largest absolute Gasteiger partial charge is 0.503 e. The monoisotopic (exact) mass is 444 g/mol. The molecule has 4 heterocycles. The van der Waals surface area contributed by atoms with Crippen LogP contribution in [0.25, 0.3) is 11.0 Å². The van der Waals surface area contributed by atoms with Crippen LogP contribution >= 0.6 is 0 Å². The summed E-state index contributed by atoms with van der Waals surface area (Å²) in [7, 11) is 1.51. The fourth-order valence-electron chi connectivity index (χ4n) is 4.05. The Labute approximate surface area is 188 Å². The number of carbonyl (C=O) groups excluding carboxylic acids is 2. The number of Topliss-reactive ketones (excluding diaryl/α,β-unsaturated/α-hetero) is 1. The first-order valence-electron chi connectivity index (χ1n) is 10.3. The molecule has 3 aromatic heterocycles. The molecule has 0 saturated carbocycles. The summed E-state index contributed by atoms with van der Waals surface area (Å²) in [5.41, 5.74) is 0.904. The maximum absolute atomic E-state index is 13.6. The van der Waals surface area contributed by atoms with E-state index < -0.39 is 23.5 Å². The number of hydrogen-bond acceptors (Lipinski definition) is 7. The first kappa shape index (κ1) is 20.6. The van der Waals surface area contributed by atoms with Gasteiger partial charge in [0.2, 0.25) is 5.78 Å². The third kappa shape index (κ3) is 3.45. The smallest absolute Gasteiger partial charge is 0.290 e. The second-order valence-electron chi connectivity index (χ2n) is 7.69. The van der Waals surface area contributed by atoms with Gasteiger partial charge in [-0.05, 0) is 43.3 Å². The Morgan fingerprint density at radius 2 is 2.00 bits per heavy atom. The summed E-state index contributed by atoms with van der Waals surface area (Å²) >= 11 is 0. The summed E-state index contributed by atoms with van der Waals surface area (Å²) in [6.07, 6.45) is 1.61. The molecule has 0 fully saturated rings. The minimum Gasteiger partial charge on any atom is -0.503 e. The molecule has 8 heteroatoms. The maximum atomic E-state index is 13.6. The highest BCUT2D eigenvalue weighted by atomic mass is 16.5. The Morgan fingerprint density at radius 1 is 1.15 bits per heavy atom. The highest BCUT2D eigenvalue weighted by Crippen LogP contribution is 2.41. The van der Waals surface area contributed by atoms with Crippen LogP contribution in [-0.4, -0.2) is 33.8 Å². The molecular weight excluding hydrogens is 424 g/mol. The van der Waals surface area contributed by atoms with Gasteiger partial charge in [-0.25, -0.2) is 0 Å². The number of hydrogen-bond donors (Lipinski definition) is 1. The lowest BCUT2D eigenvalue weighted by atomic mass is 9.99. The van der Waals surface area contributed by atoms with Gasteiger partial charge in [0.1, 0.15) is 17.6 Å². The van der Waals surface area contributed by atoms with Crippen molar-refractivity contribution in [1.29, 1.82) is 0 Å². The topological polar surface area (TPSA) is 106 Å². The Morgan fingerprint density at radius 3 is 2.70 bits per heavy atom. The predicted molar refractivity (Wildman–Crippen MR) is 118 cm³/mol. The summed E-state index contributed by atoms with van der Waals surface area (Å²) in [5.74, 6) is -0.500. The van der Waals surface area contributed by atoms with Gasteiger partial charge >= 0.3 is 0 Å². The van der Waals surface area contributed by atoms with E-state index in [0.717, 1.165) is 0 Å². The third-order valence-electron chi connectivity index (χ3n) is 5.59. The summed E-state index contributed by atoms with van der Waals surface area (Å²) in [5, 5.41) is 11.5. The molecule has 166 valence electrons. The molecule has 4 aromatic rings. The number of para-hydroxylation sites is 1. The molecule has 1 aromatic carbocycles. The summed E-state index contributed by atoms with van der Waals surface area (Å²) in [6, 6.07) is 14.7. The number of fused-ring (bicyclic) bond motifs is 1. The molecule has 1 aliphatic rings. The third-order valence-corrected chi connectivity index (χ3v) is 5.59. The van der Waals surface area contributed by atoms with Crippen LogP contribution in [0.1, 0.15) is 33.8 Å². The number of rotatable bonds is 6. The van der Waals surface area contributed by atoms with E-state index in [-0.39, 0.29) is 17.9 Å². The number of aromatic nitrogens is 1. The SMILES string of the molecule is COc1cccc2cc(C(=O)C3=C(O)C(=O)N(Cc4ccccn4)C3c3ccc(C)o3)oc12. The molecule has 5 rings (SSSR count). The number of aliphatic hydroxyl groups is 1. The van der Waals surface area contributed by atoms with Gasteiger partial charge in [-0.2, -0.15) is 0 Å². The van der Waals surface area contributed by atoms with Crippen molar-refractivity contribution in [3.05, 3.63) is 95.1 Å². The Kier molecular flexibility index (Phi) is 4.97. The highest BCUT2D eigenvalue weighted by molar-refractivity contribution is 6.16. The normalized spacial score (nSPS) is 16.1. The van der Waals surface area contributed by atoms with E-state index in [1.807, 2.05) is 0 Å². The molecule has 0 aliphatic carbocycles. The lowest BCUT2D eigenvalue weighted by Gasteiger charge is -2.24. The lowest BCUT2D eigenvalue weighted by molar-refractivity contribution is -0.130. The van der Waals surface area contributed by atoms with E-state index in [4.69, 9.17) is 13.6 Å². The fraction of sp³-hybridized carbons (Fsp3) is 0.160. The molecule has 33 heavy (non-hydrogen) atoms. The zero-order valence-corrected chi connectivity index (χ0v) is 17.9. The number of aryl methyl sites for hydroxylation is 1. The number of ether oxygens (including phenoxy) is 1. The number of ketones is 1. The molecule has 0 radical (unpaired) electrons. The molecular formula is C25H20N2O6. The number of amides is 1. The van der Waals surface area contributed by atoms with Gasteiger partial charge in [-0.3, -0.25) is 14.6 Å². The van der Waals surface area contributed by atoms with Crippen molar-refractivity contribution in [2.45, 2.75) is 19.5 Å². The van der Waals surface area contributed by atoms with E-state index in [1.165, 1.54) is 12.0 Å². The Bertz CT molecular complexity index is 1400. The second-order valence-corrected chi connectivity index (χ2v) is 7.69. The highest BCUT2D eigenvalue weighted by Gasteiger charge is 2.46. The zero-order valence-electron chi connectivity index (χ0n) is 17.9. The number of benzene rings is 1. The average Bonchev–Trinajstić information content (AvgIpc) is 3.52. The Balaban J connectivity index is 1.60. The summed E-state index contributed by atoms with van der Waals surface area (Å²) < 4.78 is 16.9. The number of pyridine rings is 1. The van der Waals surface area contributed by atoms with E-state index in [9.17, 15) is 14.7 Å². The van der Waals surface area contributed by atoms with Crippen molar-refractivity contribution in [3.63, 3.8) is 0 Å². The molecule has 0 saturated heterocycles. The zero-order chi connectivity index (χ0) is 23.1. The first-order valence-corrected chi connectivity index (χ1v) is 10.3. The van der Waals surface area contributed by atoms with Crippen molar-refractivity contribution in [2.24, 2.45) is 0 Å². The van der Waals surface area contributed by atoms with Gasteiger partial charge in [0.25, 0.3) is 5.91 Å². The van der Waals surface area contributed by atoms with E-state index >= 15 is 0 Å². The molecule has 0 bridgehead atoms. The van der Waals surface area contributed by atoms with E-state index in [0.29, 0.717) is 33.9 Å². The molecule has 1 atom stereocenters. The van der Waals surface area contributed by atoms with E-state index in [1.54, 1.807) is 67.7 Å². The van der Waals surface area contributed by atoms with Gasteiger partial charge < -0.3 is 23.6 Å². The number of carbonyl (C=O) groups is 2. The van der Waals surface area contributed by atoms with Crippen LogP contribution in [0.2, 0.25) is 0 Å². The van der Waals surface area contributed by atoms with Crippen LogP contribution < -0.4 is 4.74 Å². The van der Waals surface area contributed by atoms with E-state index in [2.05, 4.69) is 4.98 Å². The van der Waals surface area contributed by atoms with Crippen molar-refractivity contribution in [2.75, 3.05) is 7.11 Å². The molecule has 1 N–H and O–H groups in total.